The van der Waals surface area contributed by atoms with Crippen LogP contribution < -0.4 is 10.5 Å². The number of benzene rings is 4. The smallest absolute Gasteiger partial charge is 0.270 e. The van der Waals surface area contributed by atoms with Gasteiger partial charge in [0.05, 0.1) is 21.9 Å². The standard InChI is InChI=1S/C26H20N6O5S2/c27-39(36,37)21-10-7-19(8-11-21)28-26(38)30-29-24-22-14-20(32(34)35)9-12-23(22)31(25(24)33)15-16-5-6-17-3-1-2-4-18(17)13-16/h1-14,33H,15H2,(H,28,38)(H2,27,36,37). The lowest BCUT2D eigenvalue weighted by atomic mass is 10.1. The molecular weight excluding hydrogens is 540 g/mol. The second-order valence-electron chi connectivity index (χ2n) is 8.60. The Morgan fingerprint density at radius 3 is 2.44 bits per heavy atom. The lowest BCUT2D eigenvalue weighted by molar-refractivity contribution is -0.384. The minimum absolute atomic E-state index is 0.0169. The van der Waals surface area contributed by atoms with Crippen molar-refractivity contribution >= 4 is 66.1 Å². The van der Waals surface area contributed by atoms with E-state index in [-0.39, 0.29) is 33.8 Å². The Morgan fingerprint density at radius 2 is 1.74 bits per heavy atom. The number of nitrogens with one attached hydrogen (secondary N) is 1. The van der Waals surface area contributed by atoms with E-state index in [2.05, 4.69) is 15.5 Å². The molecule has 1 aromatic heterocycles. The third kappa shape index (κ3) is 5.45. The van der Waals surface area contributed by atoms with E-state index < -0.39 is 14.9 Å². The first-order valence-corrected chi connectivity index (χ1v) is 13.4. The third-order valence-electron chi connectivity index (χ3n) is 6.03. The summed E-state index contributed by atoms with van der Waals surface area (Å²) < 4.78 is 24.5. The molecule has 0 aliphatic heterocycles. The fraction of sp³-hybridized carbons (Fsp3) is 0.0385. The average molecular weight is 561 g/mol. The van der Waals surface area contributed by atoms with E-state index in [1.807, 2.05) is 42.5 Å². The molecule has 11 nitrogen and oxygen atoms in total. The highest BCUT2D eigenvalue weighted by Crippen LogP contribution is 2.41. The number of nitrogens with two attached hydrogens (primary N) is 1. The van der Waals surface area contributed by atoms with Crippen LogP contribution in [0.2, 0.25) is 0 Å². The van der Waals surface area contributed by atoms with Crippen molar-refractivity contribution in [1.29, 1.82) is 0 Å². The number of fused-ring (bicyclic) bond motifs is 2. The molecule has 4 aromatic carbocycles. The van der Waals surface area contributed by atoms with Gasteiger partial charge in [-0.3, -0.25) is 10.1 Å². The fourth-order valence-electron chi connectivity index (χ4n) is 4.18. The van der Waals surface area contributed by atoms with Gasteiger partial charge in [0.1, 0.15) is 0 Å². The van der Waals surface area contributed by atoms with Crippen LogP contribution in [0.15, 0.2) is 100 Å². The minimum atomic E-state index is -3.84. The SMILES string of the molecule is NS(=O)(=O)c1ccc(NC(=S)N=Nc2c(O)n(Cc3ccc4ccccc4c3)c3ccc([N+](=O)[O-])cc23)cc1. The number of anilines is 1. The van der Waals surface area contributed by atoms with Gasteiger partial charge in [-0.2, -0.15) is 0 Å². The molecule has 0 atom stereocenters. The largest absolute Gasteiger partial charge is 0.493 e. The summed E-state index contributed by atoms with van der Waals surface area (Å²) in [7, 11) is -3.84. The van der Waals surface area contributed by atoms with E-state index in [0.29, 0.717) is 16.6 Å². The van der Waals surface area contributed by atoms with Gasteiger partial charge in [-0.1, -0.05) is 36.4 Å². The molecule has 1 heterocycles. The van der Waals surface area contributed by atoms with Crippen molar-refractivity contribution in [2.75, 3.05) is 5.32 Å². The maximum atomic E-state index is 11.4. The zero-order valence-corrected chi connectivity index (χ0v) is 21.7. The topological polar surface area (TPSA) is 165 Å². The van der Waals surface area contributed by atoms with Crippen molar-refractivity contribution in [2.45, 2.75) is 11.4 Å². The fourth-order valence-corrected chi connectivity index (χ4v) is 4.85. The molecule has 0 saturated heterocycles. The number of hydrogen-bond donors (Lipinski definition) is 3. The normalized spacial score (nSPS) is 11.8. The number of azo groups is 1. The lowest BCUT2D eigenvalue weighted by Gasteiger charge is -2.08. The minimum Gasteiger partial charge on any atom is -0.493 e. The van der Waals surface area contributed by atoms with Crippen LogP contribution in [0.1, 0.15) is 5.56 Å². The van der Waals surface area contributed by atoms with Crippen molar-refractivity contribution in [3.8, 4) is 5.88 Å². The Balaban J connectivity index is 1.48. The second kappa shape index (κ2) is 10.2. The highest BCUT2D eigenvalue weighted by Gasteiger charge is 2.20. The van der Waals surface area contributed by atoms with Crippen LogP contribution in [-0.4, -0.2) is 28.1 Å². The van der Waals surface area contributed by atoms with Crippen molar-refractivity contribution in [1.82, 2.24) is 4.57 Å². The van der Waals surface area contributed by atoms with Crippen molar-refractivity contribution in [3.63, 3.8) is 0 Å². The molecule has 0 amide bonds. The van der Waals surface area contributed by atoms with Crippen molar-refractivity contribution in [2.24, 2.45) is 15.4 Å². The molecule has 0 saturated carbocycles. The molecule has 5 rings (SSSR count). The summed E-state index contributed by atoms with van der Waals surface area (Å²) in [6.07, 6.45) is 0. The van der Waals surface area contributed by atoms with Gasteiger partial charge >= 0.3 is 0 Å². The maximum Gasteiger partial charge on any atom is 0.270 e. The van der Waals surface area contributed by atoms with Gasteiger partial charge in [-0.25, -0.2) is 13.6 Å². The zero-order valence-electron chi connectivity index (χ0n) is 20.1. The highest BCUT2D eigenvalue weighted by atomic mass is 32.2. The summed E-state index contributed by atoms with van der Waals surface area (Å²) in [5, 5.41) is 40.9. The molecule has 0 aliphatic carbocycles. The van der Waals surface area contributed by atoms with E-state index in [4.69, 9.17) is 17.4 Å². The number of aromatic nitrogens is 1. The predicted octanol–water partition coefficient (Wildman–Crippen LogP) is 5.58. The summed E-state index contributed by atoms with van der Waals surface area (Å²) in [6, 6.07) is 23.6. The monoisotopic (exact) mass is 560 g/mol. The van der Waals surface area contributed by atoms with Crippen LogP contribution >= 0.6 is 12.2 Å². The Bertz CT molecular complexity index is 1900. The van der Waals surface area contributed by atoms with Gasteiger partial charge < -0.3 is 15.0 Å². The summed E-state index contributed by atoms with van der Waals surface area (Å²) >= 11 is 5.22. The molecule has 0 radical (unpaired) electrons. The number of hydrogen-bond acceptors (Lipinski definition) is 7. The number of nitro groups is 1. The quantitative estimate of drug-likeness (QED) is 0.105. The predicted molar refractivity (Wildman–Crippen MR) is 152 cm³/mol. The van der Waals surface area contributed by atoms with Crippen LogP contribution in [0.5, 0.6) is 5.88 Å². The highest BCUT2D eigenvalue weighted by molar-refractivity contribution is 7.89. The molecular formula is C26H20N6O5S2. The molecule has 0 bridgehead atoms. The molecule has 0 fully saturated rings. The Labute approximate surface area is 227 Å². The molecule has 5 aromatic rings. The van der Waals surface area contributed by atoms with Gasteiger partial charge in [0.25, 0.3) is 5.69 Å². The van der Waals surface area contributed by atoms with Crippen LogP contribution in [0, 0.1) is 10.1 Å². The molecule has 0 aliphatic rings. The van der Waals surface area contributed by atoms with E-state index in [1.54, 1.807) is 10.6 Å². The molecule has 0 spiro atoms. The summed E-state index contributed by atoms with van der Waals surface area (Å²) in [5.41, 5.74) is 1.71. The number of non-ortho nitro benzene ring substituents is 1. The third-order valence-corrected chi connectivity index (χ3v) is 7.15. The van der Waals surface area contributed by atoms with E-state index >= 15 is 0 Å². The molecule has 0 unspecified atom stereocenters. The summed E-state index contributed by atoms with van der Waals surface area (Å²) in [4.78, 5) is 10.8. The molecule has 13 heteroatoms. The van der Waals surface area contributed by atoms with Gasteiger partial charge in [0, 0.05) is 23.2 Å². The number of nitro benzene ring substituents is 1. The number of rotatable bonds is 6. The van der Waals surface area contributed by atoms with E-state index in [9.17, 15) is 23.6 Å². The first-order chi connectivity index (χ1) is 18.6. The van der Waals surface area contributed by atoms with Gasteiger partial charge in [-0.05, 0) is 65.0 Å². The Kier molecular flexibility index (Phi) is 6.78. The number of nitrogens with zero attached hydrogens (tertiary/aromatic N) is 4. The van der Waals surface area contributed by atoms with Crippen LogP contribution in [0.4, 0.5) is 17.1 Å². The van der Waals surface area contributed by atoms with Crippen LogP contribution in [0.3, 0.4) is 0 Å². The first kappa shape index (κ1) is 25.9. The van der Waals surface area contributed by atoms with Gasteiger partial charge in [0.2, 0.25) is 21.0 Å². The lowest BCUT2D eigenvalue weighted by Crippen LogP contribution is -2.12. The number of primary sulfonamides is 1. The van der Waals surface area contributed by atoms with Crippen LogP contribution in [-0.2, 0) is 16.6 Å². The summed E-state index contributed by atoms with van der Waals surface area (Å²) in [6.45, 7) is 0.277. The molecule has 39 heavy (non-hydrogen) atoms. The first-order valence-electron chi connectivity index (χ1n) is 11.4. The van der Waals surface area contributed by atoms with Crippen molar-refractivity contribution in [3.05, 3.63) is 101 Å². The van der Waals surface area contributed by atoms with Gasteiger partial charge in [-0.15, -0.1) is 10.2 Å². The summed E-state index contributed by atoms with van der Waals surface area (Å²) in [5.74, 6) is -0.234. The Hall–Kier alpha value is -4.72. The van der Waals surface area contributed by atoms with E-state index in [1.165, 1.54) is 36.4 Å². The maximum absolute atomic E-state index is 11.4. The molecule has 4 N–H and O–H groups in total. The van der Waals surface area contributed by atoms with Crippen LogP contribution in [0.25, 0.3) is 21.7 Å². The zero-order chi connectivity index (χ0) is 27.7. The van der Waals surface area contributed by atoms with E-state index in [0.717, 1.165) is 16.3 Å². The Morgan fingerprint density at radius 1 is 1.03 bits per heavy atom. The number of aromatic hydroxyl groups is 1. The van der Waals surface area contributed by atoms with Gasteiger partial charge in [0.15, 0.2) is 5.69 Å². The molecule has 196 valence electrons. The number of sulfonamides is 1. The second-order valence-corrected chi connectivity index (χ2v) is 10.5. The van der Waals surface area contributed by atoms with Crippen molar-refractivity contribution < 1.29 is 18.4 Å². The number of thiocarbonyl (C=S) groups is 1. The average Bonchev–Trinajstić information content (AvgIpc) is 3.16.